The molecule has 0 aliphatic rings. The SMILES string of the molecule is CCCN(CCC)CCCCCCCCCCC(C)C. The Morgan fingerprint density at radius 3 is 1.50 bits per heavy atom. The third kappa shape index (κ3) is 14.4. The van der Waals surface area contributed by atoms with Gasteiger partial charge in [-0.25, -0.2) is 0 Å². The van der Waals surface area contributed by atoms with Crippen molar-refractivity contribution in [2.24, 2.45) is 5.92 Å². The maximum Gasteiger partial charge on any atom is -0.00187 e. The molecule has 0 radical (unpaired) electrons. The number of hydrogen-bond donors (Lipinski definition) is 0. The summed E-state index contributed by atoms with van der Waals surface area (Å²) in [6, 6.07) is 0. The Morgan fingerprint density at radius 1 is 0.600 bits per heavy atom. The van der Waals surface area contributed by atoms with E-state index in [1.54, 1.807) is 0 Å². The maximum absolute atomic E-state index is 2.64. The highest BCUT2D eigenvalue weighted by Crippen LogP contribution is 2.12. The van der Waals surface area contributed by atoms with E-state index in [1.165, 1.54) is 90.3 Å². The molecule has 0 saturated carbocycles. The van der Waals surface area contributed by atoms with Gasteiger partial charge in [0.2, 0.25) is 0 Å². The van der Waals surface area contributed by atoms with Crippen molar-refractivity contribution in [3.63, 3.8) is 0 Å². The fourth-order valence-electron chi connectivity index (χ4n) is 2.92. The molecule has 0 amide bonds. The molecule has 0 bridgehead atoms. The molecule has 0 atom stereocenters. The van der Waals surface area contributed by atoms with Crippen molar-refractivity contribution in [1.29, 1.82) is 0 Å². The molecule has 1 nitrogen and oxygen atoms in total. The largest absolute Gasteiger partial charge is 0.303 e. The van der Waals surface area contributed by atoms with Crippen LogP contribution < -0.4 is 0 Å². The van der Waals surface area contributed by atoms with Crippen LogP contribution in [0.5, 0.6) is 0 Å². The fraction of sp³-hybridized carbons (Fsp3) is 1.00. The van der Waals surface area contributed by atoms with Crippen molar-refractivity contribution in [3.8, 4) is 0 Å². The van der Waals surface area contributed by atoms with E-state index < -0.39 is 0 Å². The van der Waals surface area contributed by atoms with Crippen LogP contribution in [0.2, 0.25) is 0 Å². The highest BCUT2D eigenvalue weighted by atomic mass is 15.1. The lowest BCUT2D eigenvalue weighted by Crippen LogP contribution is -2.26. The highest BCUT2D eigenvalue weighted by molar-refractivity contribution is 4.57. The van der Waals surface area contributed by atoms with E-state index in [0.717, 1.165) is 5.92 Å². The van der Waals surface area contributed by atoms with Crippen LogP contribution in [-0.4, -0.2) is 24.5 Å². The molecule has 1 heteroatoms. The first-order valence-electron chi connectivity index (χ1n) is 9.43. The normalized spacial score (nSPS) is 11.7. The predicted octanol–water partition coefficient (Wildman–Crippen LogP) is 6.28. The minimum absolute atomic E-state index is 0.893. The first-order chi connectivity index (χ1) is 9.70. The lowest BCUT2D eigenvalue weighted by Gasteiger charge is -2.20. The van der Waals surface area contributed by atoms with Crippen LogP contribution in [0.4, 0.5) is 0 Å². The van der Waals surface area contributed by atoms with Gasteiger partial charge in [0.05, 0.1) is 0 Å². The lowest BCUT2D eigenvalue weighted by molar-refractivity contribution is 0.267. The monoisotopic (exact) mass is 283 g/mol. The van der Waals surface area contributed by atoms with Gasteiger partial charge in [-0.3, -0.25) is 0 Å². The van der Waals surface area contributed by atoms with Gasteiger partial charge in [-0.1, -0.05) is 79.1 Å². The molecule has 0 saturated heterocycles. The third-order valence-electron chi connectivity index (χ3n) is 4.09. The standard InChI is InChI=1S/C19H41N/c1-5-16-20(17-6-2)18-14-12-10-8-7-9-11-13-15-19(3)4/h19H,5-18H2,1-4H3. The van der Waals surface area contributed by atoms with E-state index >= 15 is 0 Å². The second-order valence-corrected chi connectivity index (χ2v) is 6.85. The van der Waals surface area contributed by atoms with Gasteiger partial charge >= 0.3 is 0 Å². The van der Waals surface area contributed by atoms with Crippen molar-refractivity contribution in [3.05, 3.63) is 0 Å². The van der Waals surface area contributed by atoms with E-state index in [0.29, 0.717) is 0 Å². The zero-order valence-corrected chi connectivity index (χ0v) is 14.9. The summed E-state index contributed by atoms with van der Waals surface area (Å²) in [6.45, 7) is 13.2. The van der Waals surface area contributed by atoms with Crippen LogP contribution in [0, 0.1) is 5.92 Å². The topological polar surface area (TPSA) is 3.24 Å². The molecule has 122 valence electrons. The van der Waals surface area contributed by atoms with Gasteiger partial charge in [-0.2, -0.15) is 0 Å². The van der Waals surface area contributed by atoms with Crippen molar-refractivity contribution in [2.75, 3.05) is 19.6 Å². The van der Waals surface area contributed by atoms with Crippen molar-refractivity contribution in [1.82, 2.24) is 4.90 Å². The van der Waals surface area contributed by atoms with Crippen LogP contribution in [0.1, 0.15) is 98.3 Å². The molecule has 20 heavy (non-hydrogen) atoms. The maximum atomic E-state index is 2.64. The first-order valence-corrected chi connectivity index (χ1v) is 9.43. The quantitative estimate of drug-likeness (QED) is 0.320. The van der Waals surface area contributed by atoms with Crippen LogP contribution in [0.3, 0.4) is 0 Å². The zero-order valence-electron chi connectivity index (χ0n) is 14.9. The molecule has 0 aromatic rings. The zero-order chi connectivity index (χ0) is 15.1. The Bertz CT molecular complexity index is 171. The molecule has 0 unspecified atom stereocenters. The second-order valence-electron chi connectivity index (χ2n) is 6.85. The molecule has 0 rings (SSSR count). The van der Waals surface area contributed by atoms with E-state index in [-0.39, 0.29) is 0 Å². The highest BCUT2D eigenvalue weighted by Gasteiger charge is 2.01. The van der Waals surface area contributed by atoms with Crippen molar-refractivity contribution in [2.45, 2.75) is 98.3 Å². The molecule has 0 aliphatic carbocycles. The van der Waals surface area contributed by atoms with Gasteiger partial charge in [-0.05, 0) is 44.8 Å². The predicted molar refractivity (Wildman–Crippen MR) is 93.4 cm³/mol. The van der Waals surface area contributed by atoms with Gasteiger partial charge in [0.15, 0.2) is 0 Å². The molecule has 0 aliphatic heterocycles. The van der Waals surface area contributed by atoms with E-state index in [1.807, 2.05) is 0 Å². The minimum atomic E-state index is 0.893. The lowest BCUT2D eigenvalue weighted by atomic mass is 10.0. The van der Waals surface area contributed by atoms with Crippen LogP contribution in [0.25, 0.3) is 0 Å². The molecule has 0 fully saturated rings. The molecule has 0 N–H and O–H groups in total. The summed E-state index contributed by atoms with van der Waals surface area (Å²) in [6.07, 6.45) is 15.6. The average Bonchev–Trinajstić information content (AvgIpc) is 2.41. The Balaban J connectivity index is 3.22. The smallest absolute Gasteiger partial charge is 0.00187 e. The van der Waals surface area contributed by atoms with Gasteiger partial charge < -0.3 is 4.90 Å². The Hall–Kier alpha value is -0.0400. The Kier molecular flexibility index (Phi) is 15.3. The Labute approximate surface area is 129 Å². The van der Waals surface area contributed by atoms with Crippen LogP contribution >= 0.6 is 0 Å². The van der Waals surface area contributed by atoms with E-state index in [4.69, 9.17) is 0 Å². The molecular formula is C19H41N. The minimum Gasteiger partial charge on any atom is -0.303 e. The number of hydrogen-bond acceptors (Lipinski definition) is 1. The summed E-state index contributed by atoms with van der Waals surface area (Å²) >= 11 is 0. The summed E-state index contributed by atoms with van der Waals surface area (Å²) in [5.74, 6) is 0.893. The number of rotatable bonds is 15. The van der Waals surface area contributed by atoms with E-state index in [2.05, 4.69) is 32.6 Å². The van der Waals surface area contributed by atoms with Crippen LogP contribution in [-0.2, 0) is 0 Å². The Morgan fingerprint density at radius 2 is 1.05 bits per heavy atom. The molecule has 0 aromatic carbocycles. The molecular weight excluding hydrogens is 242 g/mol. The fourth-order valence-corrected chi connectivity index (χ4v) is 2.92. The molecule has 0 aromatic heterocycles. The van der Waals surface area contributed by atoms with Gasteiger partial charge in [0.1, 0.15) is 0 Å². The first kappa shape index (κ1) is 20.0. The van der Waals surface area contributed by atoms with Crippen molar-refractivity contribution >= 4 is 0 Å². The number of nitrogens with zero attached hydrogens (tertiary/aromatic N) is 1. The van der Waals surface area contributed by atoms with Gasteiger partial charge in [0, 0.05) is 0 Å². The summed E-state index contributed by atoms with van der Waals surface area (Å²) in [5.41, 5.74) is 0. The second kappa shape index (κ2) is 15.4. The van der Waals surface area contributed by atoms with Crippen molar-refractivity contribution < 1.29 is 0 Å². The van der Waals surface area contributed by atoms with Gasteiger partial charge in [-0.15, -0.1) is 0 Å². The third-order valence-corrected chi connectivity index (χ3v) is 4.09. The van der Waals surface area contributed by atoms with Crippen LogP contribution in [0.15, 0.2) is 0 Å². The van der Waals surface area contributed by atoms with E-state index in [9.17, 15) is 0 Å². The summed E-state index contributed by atoms with van der Waals surface area (Å²) in [4.78, 5) is 2.64. The summed E-state index contributed by atoms with van der Waals surface area (Å²) in [7, 11) is 0. The summed E-state index contributed by atoms with van der Waals surface area (Å²) < 4.78 is 0. The summed E-state index contributed by atoms with van der Waals surface area (Å²) in [5, 5.41) is 0. The molecule has 0 heterocycles. The average molecular weight is 284 g/mol. The van der Waals surface area contributed by atoms with Gasteiger partial charge in [0.25, 0.3) is 0 Å². The number of unbranched alkanes of at least 4 members (excludes halogenated alkanes) is 7. The molecule has 0 spiro atoms.